The zero-order valence-electron chi connectivity index (χ0n) is 13.9. The molecule has 0 atom stereocenters. The minimum atomic E-state index is -0.320. The molecule has 2 aromatic carbocycles. The summed E-state index contributed by atoms with van der Waals surface area (Å²) >= 11 is 0. The maximum Gasteiger partial charge on any atom is 0.248 e. The first-order valence-corrected chi connectivity index (χ1v) is 7.72. The molecule has 5 nitrogen and oxygen atoms in total. The van der Waals surface area contributed by atoms with E-state index in [0.29, 0.717) is 28.0 Å². The molecule has 0 aliphatic heterocycles. The number of nitrogens with one attached hydrogen (secondary N) is 1. The van der Waals surface area contributed by atoms with Crippen molar-refractivity contribution in [2.24, 2.45) is 0 Å². The molecule has 1 aromatic heterocycles. The quantitative estimate of drug-likeness (QED) is 0.737. The van der Waals surface area contributed by atoms with E-state index in [2.05, 4.69) is 5.32 Å². The van der Waals surface area contributed by atoms with Crippen LogP contribution in [0.3, 0.4) is 0 Å². The van der Waals surface area contributed by atoms with Crippen LogP contribution in [-0.4, -0.2) is 13.0 Å². The van der Waals surface area contributed by atoms with Gasteiger partial charge in [0.1, 0.15) is 17.6 Å². The van der Waals surface area contributed by atoms with Gasteiger partial charge in [-0.3, -0.25) is 9.59 Å². The molecule has 0 radical (unpaired) electrons. The third-order valence-electron chi connectivity index (χ3n) is 3.71. The number of rotatable bonds is 4. The van der Waals surface area contributed by atoms with Crippen LogP contribution in [0.25, 0.3) is 17.0 Å². The van der Waals surface area contributed by atoms with Crippen molar-refractivity contribution >= 4 is 28.6 Å². The normalized spacial score (nSPS) is 11.0. The smallest absolute Gasteiger partial charge is 0.248 e. The van der Waals surface area contributed by atoms with Gasteiger partial charge in [0.2, 0.25) is 5.91 Å². The summed E-state index contributed by atoms with van der Waals surface area (Å²) in [6.07, 6.45) is 4.09. The highest BCUT2D eigenvalue weighted by molar-refractivity contribution is 6.02. The molecule has 1 amide bonds. The van der Waals surface area contributed by atoms with Gasteiger partial charge in [0.05, 0.1) is 18.1 Å². The predicted molar refractivity (Wildman–Crippen MR) is 97.9 cm³/mol. The molecule has 0 aliphatic carbocycles. The van der Waals surface area contributed by atoms with Crippen LogP contribution in [0.4, 0.5) is 5.69 Å². The van der Waals surface area contributed by atoms with E-state index < -0.39 is 0 Å². The predicted octanol–water partition coefficient (Wildman–Crippen LogP) is 3.76. The lowest BCUT2D eigenvalue weighted by Gasteiger charge is -2.03. The number of benzene rings is 2. The largest absolute Gasteiger partial charge is 0.497 e. The minimum Gasteiger partial charge on any atom is -0.497 e. The number of fused-ring (bicyclic) bond motifs is 1. The number of carbonyl (C=O) groups excluding carboxylic acids is 1. The number of methoxy groups -OCH3 is 1. The van der Waals surface area contributed by atoms with Crippen LogP contribution in [0.5, 0.6) is 5.75 Å². The summed E-state index contributed by atoms with van der Waals surface area (Å²) in [5, 5.41) is 3.18. The van der Waals surface area contributed by atoms with Crippen LogP contribution in [0.1, 0.15) is 11.1 Å². The lowest BCUT2D eigenvalue weighted by Crippen LogP contribution is -2.09. The van der Waals surface area contributed by atoms with Crippen LogP contribution in [0.2, 0.25) is 0 Å². The molecule has 5 heteroatoms. The molecule has 1 N–H and O–H groups in total. The molecule has 0 saturated carbocycles. The van der Waals surface area contributed by atoms with Crippen molar-refractivity contribution in [3.8, 4) is 5.75 Å². The molecule has 0 bridgehead atoms. The van der Waals surface area contributed by atoms with E-state index in [0.717, 1.165) is 5.56 Å². The van der Waals surface area contributed by atoms with Crippen molar-refractivity contribution in [1.82, 2.24) is 0 Å². The number of anilines is 1. The fourth-order valence-corrected chi connectivity index (χ4v) is 2.44. The average molecular weight is 335 g/mol. The van der Waals surface area contributed by atoms with Gasteiger partial charge in [0.25, 0.3) is 0 Å². The number of amides is 1. The van der Waals surface area contributed by atoms with Crippen molar-refractivity contribution in [1.29, 1.82) is 0 Å². The Kier molecular flexibility index (Phi) is 4.66. The van der Waals surface area contributed by atoms with Crippen LogP contribution in [-0.2, 0) is 4.79 Å². The van der Waals surface area contributed by atoms with Crippen molar-refractivity contribution in [3.05, 3.63) is 76.2 Å². The molecule has 0 fully saturated rings. The fraction of sp³-hybridized carbons (Fsp3) is 0.100. The van der Waals surface area contributed by atoms with Gasteiger partial charge in [-0.15, -0.1) is 0 Å². The maximum atomic E-state index is 12.5. The summed E-state index contributed by atoms with van der Waals surface area (Å²) in [6.45, 7) is 1.95. The van der Waals surface area contributed by atoms with E-state index in [4.69, 9.17) is 9.15 Å². The third-order valence-corrected chi connectivity index (χ3v) is 3.71. The van der Waals surface area contributed by atoms with Crippen molar-refractivity contribution in [2.75, 3.05) is 12.4 Å². The van der Waals surface area contributed by atoms with E-state index >= 15 is 0 Å². The Hall–Kier alpha value is -3.34. The second-order valence-corrected chi connectivity index (χ2v) is 5.57. The number of aryl methyl sites for hydroxylation is 1. The highest BCUT2D eigenvalue weighted by atomic mass is 16.5. The molecule has 3 aromatic rings. The van der Waals surface area contributed by atoms with Crippen molar-refractivity contribution < 1.29 is 13.9 Å². The van der Waals surface area contributed by atoms with Gasteiger partial charge in [-0.1, -0.05) is 12.1 Å². The summed E-state index contributed by atoms with van der Waals surface area (Å²) in [4.78, 5) is 24.5. The molecule has 3 rings (SSSR count). The average Bonchev–Trinajstić information content (AvgIpc) is 2.61. The Morgan fingerprint density at radius 3 is 2.80 bits per heavy atom. The molecular formula is C20H17NO4. The summed E-state index contributed by atoms with van der Waals surface area (Å²) in [5.41, 5.74) is 2.28. The lowest BCUT2D eigenvalue weighted by atomic mass is 10.1. The standard InChI is InChI=1S/C20H17NO4/c1-13-4-3-5-15(10-13)21-19(22)9-6-14-12-25-18-11-16(24-2)7-8-17(18)20(14)23/h3-12H,1-2H3,(H,21,22)/b9-6+. The van der Waals surface area contributed by atoms with Crippen LogP contribution in [0, 0.1) is 6.92 Å². The van der Waals surface area contributed by atoms with Gasteiger partial charge in [-0.25, -0.2) is 0 Å². The van der Waals surface area contributed by atoms with Gasteiger partial charge in [-0.05, 0) is 42.8 Å². The Morgan fingerprint density at radius 1 is 1.20 bits per heavy atom. The number of carbonyl (C=O) groups is 1. The third kappa shape index (κ3) is 3.77. The molecule has 126 valence electrons. The molecular weight excluding hydrogens is 318 g/mol. The molecule has 0 spiro atoms. The maximum absolute atomic E-state index is 12.5. The highest BCUT2D eigenvalue weighted by Gasteiger charge is 2.07. The molecule has 0 aliphatic rings. The van der Waals surface area contributed by atoms with Gasteiger partial charge >= 0.3 is 0 Å². The van der Waals surface area contributed by atoms with Crippen LogP contribution >= 0.6 is 0 Å². The van der Waals surface area contributed by atoms with Gasteiger partial charge in [-0.2, -0.15) is 0 Å². The Morgan fingerprint density at radius 2 is 2.04 bits per heavy atom. The minimum absolute atomic E-state index is 0.205. The molecule has 0 unspecified atom stereocenters. The summed E-state index contributed by atoms with van der Waals surface area (Å²) in [5.74, 6) is 0.288. The zero-order valence-corrected chi connectivity index (χ0v) is 13.9. The van der Waals surface area contributed by atoms with E-state index in [1.165, 1.54) is 18.4 Å². The summed E-state index contributed by atoms with van der Waals surface area (Å²) < 4.78 is 10.6. The molecule has 25 heavy (non-hydrogen) atoms. The van der Waals surface area contributed by atoms with Crippen molar-refractivity contribution in [3.63, 3.8) is 0 Å². The second-order valence-electron chi connectivity index (χ2n) is 5.57. The Labute approximate surface area is 144 Å². The van der Waals surface area contributed by atoms with Gasteiger partial charge in [0, 0.05) is 17.8 Å². The van der Waals surface area contributed by atoms with Crippen LogP contribution in [0.15, 0.2) is 64.0 Å². The van der Waals surface area contributed by atoms with E-state index in [-0.39, 0.29) is 11.3 Å². The summed E-state index contributed by atoms with van der Waals surface area (Å²) in [7, 11) is 1.54. The SMILES string of the molecule is COc1ccc2c(=O)c(/C=C/C(=O)Nc3cccc(C)c3)coc2c1. The number of ether oxygens (including phenoxy) is 1. The van der Waals surface area contributed by atoms with E-state index in [1.807, 2.05) is 25.1 Å². The Balaban J connectivity index is 1.82. The first-order valence-electron chi connectivity index (χ1n) is 7.72. The summed E-state index contributed by atoms with van der Waals surface area (Å²) in [6, 6.07) is 12.5. The van der Waals surface area contributed by atoms with Crippen LogP contribution < -0.4 is 15.5 Å². The van der Waals surface area contributed by atoms with Crippen molar-refractivity contribution in [2.45, 2.75) is 6.92 Å². The first kappa shape index (κ1) is 16.5. The second kappa shape index (κ2) is 7.05. The monoisotopic (exact) mass is 335 g/mol. The topological polar surface area (TPSA) is 68.5 Å². The van der Waals surface area contributed by atoms with Gasteiger partial charge < -0.3 is 14.5 Å². The molecule has 0 saturated heterocycles. The zero-order chi connectivity index (χ0) is 17.8. The fourth-order valence-electron chi connectivity index (χ4n) is 2.44. The first-order chi connectivity index (χ1) is 12.1. The molecule has 1 heterocycles. The highest BCUT2D eigenvalue weighted by Crippen LogP contribution is 2.19. The Bertz CT molecular complexity index is 1020. The van der Waals surface area contributed by atoms with E-state index in [1.54, 1.807) is 31.4 Å². The lowest BCUT2D eigenvalue weighted by molar-refractivity contribution is -0.111. The number of hydrogen-bond donors (Lipinski definition) is 1. The number of hydrogen-bond acceptors (Lipinski definition) is 4. The van der Waals surface area contributed by atoms with E-state index in [9.17, 15) is 9.59 Å². The van der Waals surface area contributed by atoms with Gasteiger partial charge in [0.15, 0.2) is 5.43 Å².